The van der Waals surface area contributed by atoms with Crippen molar-refractivity contribution in [1.29, 1.82) is 0 Å². The molecule has 2 N–H and O–H groups in total. The predicted molar refractivity (Wildman–Crippen MR) is 84.9 cm³/mol. The second-order valence-corrected chi connectivity index (χ2v) is 5.56. The molecule has 0 aliphatic carbocycles. The second-order valence-electron chi connectivity index (χ2n) is 4.70. The molecule has 1 aromatic heterocycles. The normalized spacial score (nSPS) is 10.1. The molecule has 6 nitrogen and oxygen atoms in total. The Hall–Kier alpha value is -2.41. The van der Waals surface area contributed by atoms with Gasteiger partial charge >= 0.3 is 6.09 Å². The van der Waals surface area contributed by atoms with Gasteiger partial charge in [-0.2, -0.15) is 0 Å². The molecule has 0 aliphatic heterocycles. The Morgan fingerprint density at radius 1 is 1.27 bits per heavy atom. The van der Waals surface area contributed by atoms with Crippen molar-refractivity contribution in [3.8, 4) is 0 Å². The van der Waals surface area contributed by atoms with E-state index in [-0.39, 0.29) is 12.3 Å². The summed E-state index contributed by atoms with van der Waals surface area (Å²) in [5.74, 6) is -0.115. The van der Waals surface area contributed by atoms with E-state index in [4.69, 9.17) is 0 Å². The zero-order valence-electron chi connectivity index (χ0n) is 12.4. The van der Waals surface area contributed by atoms with Crippen molar-refractivity contribution in [2.24, 2.45) is 0 Å². The van der Waals surface area contributed by atoms with Crippen LogP contribution in [0.2, 0.25) is 0 Å². The zero-order chi connectivity index (χ0) is 15.9. The van der Waals surface area contributed by atoms with Gasteiger partial charge in [0.15, 0.2) is 5.13 Å². The average Bonchev–Trinajstić information content (AvgIpc) is 2.93. The maximum Gasteiger partial charge on any atom is 0.413 e. The van der Waals surface area contributed by atoms with Gasteiger partial charge in [-0.15, -0.1) is 11.3 Å². The summed E-state index contributed by atoms with van der Waals surface area (Å²) in [4.78, 5) is 27.1. The van der Waals surface area contributed by atoms with Crippen molar-refractivity contribution in [3.05, 3.63) is 46.5 Å². The van der Waals surface area contributed by atoms with Crippen molar-refractivity contribution in [3.63, 3.8) is 0 Å². The Kier molecular flexibility index (Phi) is 5.48. The van der Waals surface area contributed by atoms with E-state index in [1.807, 2.05) is 31.2 Å². The molecule has 2 amide bonds. The molecule has 0 fully saturated rings. The maximum absolute atomic E-state index is 11.9. The van der Waals surface area contributed by atoms with Crippen LogP contribution < -0.4 is 10.6 Å². The standard InChI is InChI=1S/C15H17N3O3S/c1-10-3-5-11(6-4-10)8-16-13(19)7-12-9-22-14(17-12)18-15(20)21-2/h3-6,9H,7-8H2,1-2H3,(H,16,19)(H,17,18,20). The molecule has 0 radical (unpaired) electrons. The van der Waals surface area contributed by atoms with E-state index < -0.39 is 6.09 Å². The number of methoxy groups -OCH3 is 1. The third kappa shape index (κ3) is 4.85. The summed E-state index contributed by atoms with van der Waals surface area (Å²) in [6.07, 6.45) is -0.407. The van der Waals surface area contributed by atoms with Crippen LogP contribution in [-0.2, 0) is 22.5 Å². The monoisotopic (exact) mass is 319 g/mol. The first-order valence-electron chi connectivity index (χ1n) is 6.68. The summed E-state index contributed by atoms with van der Waals surface area (Å²) in [6.45, 7) is 2.50. The van der Waals surface area contributed by atoms with Crippen LogP contribution in [0.4, 0.5) is 9.93 Å². The molecule has 2 rings (SSSR count). The number of anilines is 1. The first-order chi connectivity index (χ1) is 10.6. The molecule has 116 valence electrons. The quantitative estimate of drug-likeness (QED) is 0.887. The van der Waals surface area contributed by atoms with Gasteiger partial charge in [-0.05, 0) is 12.5 Å². The maximum atomic E-state index is 11.9. The highest BCUT2D eigenvalue weighted by atomic mass is 32.1. The smallest absolute Gasteiger partial charge is 0.413 e. The number of rotatable bonds is 5. The van der Waals surface area contributed by atoms with E-state index >= 15 is 0 Å². The number of nitrogens with one attached hydrogen (secondary N) is 2. The lowest BCUT2D eigenvalue weighted by Gasteiger charge is -2.04. The van der Waals surface area contributed by atoms with Gasteiger partial charge in [-0.3, -0.25) is 10.1 Å². The largest absolute Gasteiger partial charge is 0.453 e. The molecular formula is C15H17N3O3S. The molecule has 0 spiro atoms. The molecule has 2 aromatic rings. The Balaban J connectivity index is 1.81. The number of thiazole rings is 1. The minimum absolute atomic E-state index is 0.115. The summed E-state index contributed by atoms with van der Waals surface area (Å²) in [5, 5.41) is 7.45. The summed E-state index contributed by atoms with van der Waals surface area (Å²) >= 11 is 1.25. The van der Waals surface area contributed by atoms with Gasteiger partial charge in [-0.1, -0.05) is 29.8 Å². The van der Waals surface area contributed by atoms with Crippen molar-refractivity contribution >= 4 is 28.5 Å². The fourth-order valence-electron chi connectivity index (χ4n) is 1.72. The van der Waals surface area contributed by atoms with E-state index in [1.165, 1.54) is 24.0 Å². The second kappa shape index (κ2) is 7.56. The molecule has 1 heterocycles. The number of ether oxygens (including phenoxy) is 1. The molecule has 0 aliphatic rings. The molecule has 0 bridgehead atoms. The van der Waals surface area contributed by atoms with Crippen LogP contribution in [0.25, 0.3) is 0 Å². The van der Waals surface area contributed by atoms with Crippen LogP contribution in [0.15, 0.2) is 29.6 Å². The summed E-state index contributed by atoms with van der Waals surface area (Å²) < 4.78 is 4.48. The lowest BCUT2D eigenvalue weighted by molar-refractivity contribution is -0.120. The zero-order valence-corrected chi connectivity index (χ0v) is 13.2. The number of carbonyl (C=O) groups is 2. The number of nitrogens with zero attached hydrogens (tertiary/aromatic N) is 1. The molecular weight excluding hydrogens is 302 g/mol. The molecule has 0 unspecified atom stereocenters. The van der Waals surface area contributed by atoms with E-state index in [9.17, 15) is 9.59 Å². The van der Waals surface area contributed by atoms with Gasteiger partial charge in [-0.25, -0.2) is 9.78 Å². The molecule has 0 atom stereocenters. The van der Waals surface area contributed by atoms with E-state index in [1.54, 1.807) is 5.38 Å². The van der Waals surface area contributed by atoms with E-state index in [0.717, 1.165) is 5.56 Å². The first kappa shape index (κ1) is 16.0. The first-order valence-corrected chi connectivity index (χ1v) is 7.56. The van der Waals surface area contributed by atoms with Crippen molar-refractivity contribution in [2.75, 3.05) is 12.4 Å². The van der Waals surface area contributed by atoms with Crippen molar-refractivity contribution < 1.29 is 14.3 Å². The lowest BCUT2D eigenvalue weighted by atomic mass is 10.1. The molecule has 0 saturated heterocycles. The number of amides is 2. The number of aryl methyl sites for hydroxylation is 1. The number of benzene rings is 1. The molecule has 0 saturated carbocycles. The van der Waals surface area contributed by atoms with E-state index in [2.05, 4.69) is 20.4 Å². The third-order valence-electron chi connectivity index (χ3n) is 2.90. The van der Waals surface area contributed by atoms with E-state index in [0.29, 0.717) is 17.4 Å². The van der Waals surface area contributed by atoms with Crippen molar-refractivity contribution in [1.82, 2.24) is 10.3 Å². The summed E-state index contributed by atoms with van der Waals surface area (Å²) in [5.41, 5.74) is 2.84. The Morgan fingerprint density at radius 2 is 2.00 bits per heavy atom. The molecule has 22 heavy (non-hydrogen) atoms. The minimum Gasteiger partial charge on any atom is -0.453 e. The highest BCUT2D eigenvalue weighted by molar-refractivity contribution is 7.13. The summed E-state index contributed by atoms with van der Waals surface area (Å²) in [6, 6.07) is 7.98. The lowest BCUT2D eigenvalue weighted by Crippen LogP contribution is -2.24. The highest BCUT2D eigenvalue weighted by Gasteiger charge is 2.09. The SMILES string of the molecule is COC(=O)Nc1nc(CC(=O)NCc2ccc(C)cc2)cs1. The van der Waals surface area contributed by atoms with Crippen LogP contribution in [0, 0.1) is 6.92 Å². The average molecular weight is 319 g/mol. The van der Waals surface area contributed by atoms with Crippen LogP contribution in [0.5, 0.6) is 0 Å². The Bertz CT molecular complexity index is 652. The van der Waals surface area contributed by atoms with Gasteiger partial charge in [0.25, 0.3) is 0 Å². The fraction of sp³-hybridized carbons (Fsp3) is 0.267. The van der Waals surface area contributed by atoms with Gasteiger partial charge in [0.1, 0.15) is 0 Å². The van der Waals surface area contributed by atoms with Gasteiger partial charge in [0, 0.05) is 11.9 Å². The Morgan fingerprint density at radius 3 is 2.68 bits per heavy atom. The highest BCUT2D eigenvalue weighted by Crippen LogP contribution is 2.16. The minimum atomic E-state index is -0.579. The van der Waals surface area contributed by atoms with Crippen LogP contribution in [0.1, 0.15) is 16.8 Å². The van der Waals surface area contributed by atoms with Crippen molar-refractivity contribution in [2.45, 2.75) is 19.9 Å². The number of carbonyl (C=O) groups excluding carboxylic acids is 2. The predicted octanol–water partition coefficient (Wildman–Crippen LogP) is 2.49. The van der Waals surface area contributed by atoms with Crippen LogP contribution >= 0.6 is 11.3 Å². The van der Waals surface area contributed by atoms with Gasteiger partial charge in [0.2, 0.25) is 5.91 Å². The fourth-order valence-corrected chi connectivity index (χ4v) is 2.41. The molecule has 1 aromatic carbocycles. The van der Waals surface area contributed by atoms with Crippen LogP contribution in [-0.4, -0.2) is 24.1 Å². The topological polar surface area (TPSA) is 80.3 Å². The Labute approximate surface area is 132 Å². The van der Waals surface area contributed by atoms with Crippen LogP contribution in [0.3, 0.4) is 0 Å². The van der Waals surface area contributed by atoms with Gasteiger partial charge in [0.05, 0.1) is 19.2 Å². The number of hydrogen-bond donors (Lipinski definition) is 2. The number of hydrogen-bond acceptors (Lipinski definition) is 5. The number of aromatic nitrogens is 1. The molecule has 7 heteroatoms. The summed E-state index contributed by atoms with van der Waals surface area (Å²) in [7, 11) is 1.28. The van der Waals surface area contributed by atoms with Gasteiger partial charge < -0.3 is 10.1 Å². The third-order valence-corrected chi connectivity index (χ3v) is 3.70.